The van der Waals surface area contributed by atoms with Crippen LogP contribution in [0.2, 0.25) is 0 Å². The molecule has 2 aromatic rings. The van der Waals surface area contributed by atoms with Gasteiger partial charge in [-0.25, -0.2) is 4.79 Å². The SMILES string of the molecule is C[C@H](NC(=O)[C@H](Cc1ccc(O)cc1)NC(=O)[C@@H](C)NC(=O)OCc1ccccc1)C(=O)O. The molecule has 0 unspecified atom stereocenters. The third kappa shape index (κ3) is 8.52. The summed E-state index contributed by atoms with van der Waals surface area (Å²) in [6.45, 7) is 2.75. The van der Waals surface area contributed by atoms with Gasteiger partial charge in [-0.3, -0.25) is 14.4 Å². The first-order valence-electron chi connectivity index (χ1n) is 10.2. The van der Waals surface area contributed by atoms with Gasteiger partial charge in [0.2, 0.25) is 11.8 Å². The van der Waals surface area contributed by atoms with Gasteiger partial charge in [-0.1, -0.05) is 42.5 Å². The molecule has 3 atom stereocenters. The van der Waals surface area contributed by atoms with E-state index in [2.05, 4.69) is 16.0 Å². The maximum Gasteiger partial charge on any atom is 0.408 e. The molecular formula is C23H27N3O7. The van der Waals surface area contributed by atoms with Gasteiger partial charge in [0, 0.05) is 6.42 Å². The van der Waals surface area contributed by atoms with Crippen LogP contribution >= 0.6 is 0 Å². The van der Waals surface area contributed by atoms with E-state index in [1.165, 1.54) is 26.0 Å². The summed E-state index contributed by atoms with van der Waals surface area (Å²) in [6.07, 6.45) is -0.768. The Bertz CT molecular complexity index is 964. The standard InChI is InChI=1S/C23H27N3O7/c1-14(25-23(32)33-13-17-6-4-3-5-7-17)20(28)26-19(21(29)24-15(2)22(30)31)12-16-8-10-18(27)11-9-16/h3-11,14-15,19,27H,12-13H2,1-2H3,(H,24,29)(H,25,32)(H,26,28)(H,30,31)/t14-,15+,19+/m1/s1. The lowest BCUT2D eigenvalue weighted by atomic mass is 10.0. The zero-order chi connectivity index (χ0) is 24.4. The van der Waals surface area contributed by atoms with E-state index >= 15 is 0 Å². The molecule has 2 rings (SSSR count). The van der Waals surface area contributed by atoms with Gasteiger partial charge in [-0.2, -0.15) is 0 Å². The molecule has 0 radical (unpaired) electrons. The Kier molecular flexibility index (Phi) is 9.22. The third-order valence-electron chi connectivity index (χ3n) is 4.68. The van der Waals surface area contributed by atoms with Crippen molar-refractivity contribution in [3.05, 3.63) is 65.7 Å². The predicted molar refractivity (Wildman–Crippen MR) is 118 cm³/mol. The number of hydrogen-bond donors (Lipinski definition) is 5. The van der Waals surface area contributed by atoms with Crippen LogP contribution in [-0.4, -0.2) is 52.2 Å². The average molecular weight is 457 g/mol. The normalized spacial score (nSPS) is 13.2. The van der Waals surface area contributed by atoms with Crippen LogP contribution in [0.3, 0.4) is 0 Å². The molecule has 10 heteroatoms. The highest BCUT2D eigenvalue weighted by molar-refractivity contribution is 5.92. The Hall–Kier alpha value is -4.08. The quantitative estimate of drug-likeness (QED) is 0.360. The van der Waals surface area contributed by atoms with Crippen molar-refractivity contribution in [1.82, 2.24) is 16.0 Å². The number of ether oxygens (including phenoxy) is 1. The summed E-state index contributed by atoms with van der Waals surface area (Å²) < 4.78 is 5.09. The van der Waals surface area contributed by atoms with Crippen LogP contribution in [0.25, 0.3) is 0 Å². The molecule has 0 bridgehead atoms. The summed E-state index contributed by atoms with van der Waals surface area (Å²) in [5.41, 5.74) is 1.40. The number of benzene rings is 2. The predicted octanol–water partition coefficient (Wildman–Crippen LogP) is 1.32. The second kappa shape index (κ2) is 12.1. The minimum absolute atomic E-state index is 0.0278. The number of carbonyl (C=O) groups excluding carboxylic acids is 3. The number of nitrogens with one attached hydrogen (secondary N) is 3. The maximum absolute atomic E-state index is 12.6. The molecule has 3 amide bonds. The molecule has 5 N–H and O–H groups in total. The maximum atomic E-state index is 12.6. The van der Waals surface area contributed by atoms with Gasteiger partial charge in [0.25, 0.3) is 0 Å². The molecule has 0 aliphatic heterocycles. The largest absolute Gasteiger partial charge is 0.508 e. The molecule has 0 spiro atoms. The molecule has 0 fully saturated rings. The highest BCUT2D eigenvalue weighted by Crippen LogP contribution is 2.12. The lowest BCUT2D eigenvalue weighted by molar-refractivity contribution is -0.141. The zero-order valence-electron chi connectivity index (χ0n) is 18.3. The number of carbonyl (C=O) groups is 4. The van der Waals surface area contributed by atoms with Crippen LogP contribution in [0, 0.1) is 0 Å². The van der Waals surface area contributed by atoms with Gasteiger partial charge in [0.05, 0.1) is 0 Å². The van der Waals surface area contributed by atoms with Crippen LogP contribution in [0.4, 0.5) is 4.79 Å². The number of amides is 3. The smallest absolute Gasteiger partial charge is 0.408 e. The number of phenols is 1. The van der Waals surface area contributed by atoms with E-state index in [1.807, 2.05) is 6.07 Å². The van der Waals surface area contributed by atoms with Crippen molar-refractivity contribution in [3.8, 4) is 5.75 Å². The molecule has 0 aromatic heterocycles. The summed E-state index contributed by atoms with van der Waals surface area (Å²) >= 11 is 0. The summed E-state index contributed by atoms with van der Waals surface area (Å²) in [5.74, 6) is -2.55. The molecule has 33 heavy (non-hydrogen) atoms. The monoisotopic (exact) mass is 457 g/mol. The van der Waals surface area contributed by atoms with E-state index in [4.69, 9.17) is 9.84 Å². The van der Waals surface area contributed by atoms with Gasteiger partial charge in [0.15, 0.2) is 0 Å². The number of carboxylic acids is 1. The van der Waals surface area contributed by atoms with Crippen molar-refractivity contribution in [1.29, 1.82) is 0 Å². The molecule has 0 heterocycles. The zero-order valence-corrected chi connectivity index (χ0v) is 18.3. The first kappa shape index (κ1) is 25.2. The Balaban J connectivity index is 1.99. The second-order valence-electron chi connectivity index (χ2n) is 7.43. The summed E-state index contributed by atoms with van der Waals surface area (Å²) in [4.78, 5) is 48.3. The molecular weight excluding hydrogens is 430 g/mol. The van der Waals surface area contributed by atoms with Crippen LogP contribution in [0.1, 0.15) is 25.0 Å². The fraction of sp³-hybridized carbons (Fsp3) is 0.304. The number of carboxylic acid groups (broad SMARTS) is 1. The average Bonchev–Trinajstić information content (AvgIpc) is 2.79. The number of rotatable bonds is 10. The summed E-state index contributed by atoms with van der Waals surface area (Å²) in [5, 5.41) is 25.7. The van der Waals surface area contributed by atoms with E-state index < -0.39 is 42.0 Å². The van der Waals surface area contributed by atoms with Gasteiger partial charge in [-0.05, 0) is 37.1 Å². The molecule has 2 aromatic carbocycles. The fourth-order valence-corrected chi connectivity index (χ4v) is 2.76. The lowest BCUT2D eigenvalue weighted by Crippen LogP contribution is -2.55. The summed E-state index contributed by atoms with van der Waals surface area (Å²) in [6, 6.07) is 11.7. The van der Waals surface area contributed by atoms with Crippen molar-refractivity contribution >= 4 is 23.9 Å². The number of aromatic hydroxyl groups is 1. The van der Waals surface area contributed by atoms with Crippen molar-refractivity contribution in [2.24, 2.45) is 0 Å². The molecule has 0 saturated heterocycles. The molecule has 0 saturated carbocycles. The van der Waals surface area contributed by atoms with Gasteiger partial charge < -0.3 is 30.9 Å². The van der Waals surface area contributed by atoms with E-state index in [-0.39, 0.29) is 18.8 Å². The topological polar surface area (TPSA) is 154 Å². The number of alkyl carbamates (subject to hydrolysis) is 1. The molecule has 176 valence electrons. The van der Waals surface area contributed by atoms with Gasteiger partial charge in [0.1, 0.15) is 30.5 Å². The van der Waals surface area contributed by atoms with Crippen LogP contribution in [-0.2, 0) is 32.1 Å². The van der Waals surface area contributed by atoms with E-state index in [1.54, 1.807) is 36.4 Å². The van der Waals surface area contributed by atoms with Crippen LogP contribution in [0.15, 0.2) is 54.6 Å². The van der Waals surface area contributed by atoms with E-state index in [0.29, 0.717) is 5.56 Å². The lowest BCUT2D eigenvalue weighted by Gasteiger charge is -2.22. The molecule has 0 aliphatic carbocycles. The third-order valence-corrected chi connectivity index (χ3v) is 4.68. The molecule has 0 aliphatic rings. The second-order valence-corrected chi connectivity index (χ2v) is 7.43. The Morgan fingerprint density at radius 2 is 1.45 bits per heavy atom. The van der Waals surface area contributed by atoms with Crippen molar-refractivity contribution in [2.45, 2.75) is 45.0 Å². The minimum Gasteiger partial charge on any atom is -0.508 e. The molecule has 10 nitrogen and oxygen atoms in total. The van der Waals surface area contributed by atoms with Crippen molar-refractivity contribution in [2.75, 3.05) is 0 Å². The highest BCUT2D eigenvalue weighted by Gasteiger charge is 2.27. The highest BCUT2D eigenvalue weighted by atomic mass is 16.5. The van der Waals surface area contributed by atoms with Crippen molar-refractivity contribution in [3.63, 3.8) is 0 Å². The Morgan fingerprint density at radius 3 is 2.06 bits per heavy atom. The van der Waals surface area contributed by atoms with Crippen molar-refractivity contribution < 1.29 is 34.1 Å². The first-order chi connectivity index (χ1) is 15.7. The van der Waals surface area contributed by atoms with Crippen LogP contribution in [0.5, 0.6) is 5.75 Å². The number of phenolic OH excluding ortho intramolecular Hbond substituents is 1. The first-order valence-corrected chi connectivity index (χ1v) is 10.2. The Morgan fingerprint density at radius 1 is 0.818 bits per heavy atom. The summed E-state index contributed by atoms with van der Waals surface area (Å²) in [7, 11) is 0. The number of aliphatic carboxylic acids is 1. The fourth-order valence-electron chi connectivity index (χ4n) is 2.76. The van der Waals surface area contributed by atoms with E-state index in [0.717, 1.165) is 5.56 Å². The van der Waals surface area contributed by atoms with Crippen LogP contribution < -0.4 is 16.0 Å². The van der Waals surface area contributed by atoms with E-state index in [9.17, 15) is 24.3 Å². The van der Waals surface area contributed by atoms with Gasteiger partial charge >= 0.3 is 12.1 Å². The Labute approximate surface area is 191 Å². The minimum atomic E-state index is -1.23. The number of hydrogen-bond acceptors (Lipinski definition) is 6. The van der Waals surface area contributed by atoms with Gasteiger partial charge in [-0.15, -0.1) is 0 Å².